The van der Waals surface area contributed by atoms with Crippen molar-refractivity contribution in [2.75, 3.05) is 26.2 Å². The second-order valence-corrected chi connectivity index (χ2v) is 7.24. The molecule has 1 saturated heterocycles. The fraction of sp³-hybridized carbons (Fsp3) is 0.444. The van der Waals surface area contributed by atoms with E-state index < -0.39 is 0 Å². The van der Waals surface area contributed by atoms with Gasteiger partial charge in [0, 0.05) is 36.7 Å². The van der Waals surface area contributed by atoms with E-state index in [1.54, 1.807) is 0 Å². The Morgan fingerprint density at radius 1 is 1.32 bits per heavy atom. The van der Waals surface area contributed by atoms with Crippen molar-refractivity contribution in [2.45, 2.75) is 26.4 Å². The summed E-state index contributed by atoms with van der Waals surface area (Å²) in [7, 11) is 0. The van der Waals surface area contributed by atoms with E-state index in [4.69, 9.17) is 4.52 Å². The third kappa shape index (κ3) is 4.61. The first kappa shape index (κ1) is 17.9. The number of piperazine rings is 1. The largest absolute Gasteiger partial charge is 0.360 e. The van der Waals surface area contributed by atoms with Crippen LogP contribution in [0.2, 0.25) is 0 Å². The zero-order valence-electron chi connectivity index (χ0n) is 14.5. The summed E-state index contributed by atoms with van der Waals surface area (Å²) in [5.41, 5.74) is 1.98. The first-order chi connectivity index (χ1) is 12.0. The minimum absolute atomic E-state index is 0.0154. The average Bonchev–Trinajstić information content (AvgIpc) is 3.00. The molecule has 3 rings (SSSR count). The number of hydrogen-bond donors (Lipinski definition) is 1. The van der Waals surface area contributed by atoms with Crippen LogP contribution in [0.25, 0.3) is 0 Å². The lowest BCUT2D eigenvalue weighted by Crippen LogP contribution is -2.51. The summed E-state index contributed by atoms with van der Waals surface area (Å²) in [6, 6.07) is 9.85. The van der Waals surface area contributed by atoms with E-state index in [0.29, 0.717) is 13.1 Å². The Morgan fingerprint density at radius 2 is 2.04 bits per heavy atom. The first-order valence-corrected chi connectivity index (χ1v) is 9.26. The number of benzene rings is 1. The average molecular weight is 407 g/mol. The molecular weight excluding hydrogens is 384 g/mol. The van der Waals surface area contributed by atoms with Crippen LogP contribution in [0.3, 0.4) is 0 Å². The number of nitrogens with zero attached hydrogens (tertiary/aromatic N) is 3. The molecule has 2 amide bonds. The quantitative estimate of drug-likeness (QED) is 0.845. The Labute approximate surface area is 156 Å². The van der Waals surface area contributed by atoms with Crippen molar-refractivity contribution >= 4 is 22.0 Å². The first-order valence-electron chi connectivity index (χ1n) is 8.47. The molecule has 0 saturated carbocycles. The molecule has 1 fully saturated rings. The summed E-state index contributed by atoms with van der Waals surface area (Å²) < 4.78 is 6.27. The monoisotopic (exact) mass is 406 g/mol. The number of amides is 2. The van der Waals surface area contributed by atoms with Crippen LogP contribution in [0.15, 0.2) is 39.3 Å². The molecule has 2 heterocycles. The van der Waals surface area contributed by atoms with Gasteiger partial charge in [-0.05, 0) is 25.5 Å². The van der Waals surface area contributed by atoms with Gasteiger partial charge < -0.3 is 14.7 Å². The molecule has 1 aliphatic rings. The predicted molar refractivity (Wildman–Crippen MR) is 99.2 cm³/mol. The fourth-order valence-electron chi connectivity index (χ4n) is 3.00. The van der Waals surface area contributed by atoms with Gasteiger partial charge in [0.1, 0.15) is 0 Å². The molecule has 7 heteroatoms. The summed E-state index contributed by atoms with van der Waals surface area (Å²) in [6.07, 6.45) is 0. The molecule has 6 nitrogen and oxygen atoms in total. The highest BCUT2D eigenvalue weighted by Gasteiger charge is 2.23. The maximum absolute atomic E-state index is 12.5. The predicted octanol–water partition coefficient (Wildman–Crippen LogP) is 3.33. The van der Waals surface area contributed by atoms with E-state index in [9.17, 15) is 4.79 Å². The molecule has 134 valence electrons. The topological polar surface area (TPSA) is 61.6 Å². The molecule has 0 bridgehead atoms. The summed E-state index contributed by atoms with van der Waals surface area (Å²) in [4.78, 5) is 16.7. The van der Waals surface area contributed by atoms with E-state index >= 15 is 0 Å². The molecule has 1 atom stereocenters. The molecule has 1 aliphatic heterocycles. The Bertz CT molecular complexity index is 725. The molecular formula is C18H23BrN4O2. The lowest BCUT2D eigenvalue weighted by Gasteiger charge is -2.34. The number of rotatable bonds is 4. The van der Waals surface area contributed by atoms with Crippen LogP contribution >= 0.6 is 15.9 Å². The number of aryl methyl sites for hydroxylation is 1. The van der Waals surface area contributed by atoms with Gasteiger partial charge in [0.2, 0.25) is 0 Å². The minimum atomic E-state index is -0.0433. The van der Waals surface area contributed by atoms with Crippen LogP contribution < -0.4 is 5.32 Å². The van der Waals surface area contributed by atoms with Gasteiger partial charge >= 0.3 is 6.03 Å². The van der Waals surface area contributed by atoms with Gasteiger partial charge in [0.25, 0.3) is 0 Å². The van der Waals surface area contributed by atoms with Crippen molar-refractivity contribution in [3.63, 3.8) is 0 Å². The Morgan fingerprint density at radius 3 is 2.68 bits per heavy atom. The summed E-state index contributed by atoms with van der Waals surface area (Å²) >= 11 is 3.54. The molecule has 0 spiro atoms. The van der Waals surface area contributed by atoms with Gasteiger partial charge in [-0.1, -0.05) is 39.3 Å². The summed E-state index contributed by atoms with van der Waals surface area (Å²) in [5.74, 6) is 0.873. The Hall–Kier alpha value is -1.86. The van der Waals surface area contributed by atoms with Crippen LogP contribution in [0.1, 0.15) is 30.0 Å². The van der Waals surface area contributed by atoms with Crippen molar-refractivity contribution < 1.29 is 9.32 Å². The van der Waals surface area contributed by atoms with E-state index in [1.807, 2.05) is 49.1 Å². The zero-order chi connectivity index (χ0) is 17.8. The highest BCUT2D eigenvalue weighted by molar-refractivity contribution is 9.10. The van der Waals surface area contributed by atoms with Crippen molar-refractivity contribution in [1.82, 2.24) is 20.3 Å². The number of aromatic nitrogens is 1. The van der Waals surface area contributed by atoms with Gasteiger partial charge in [-0.25, -0.2) is 4.79 Å². The molecule has 1 aromatic carbocycles. The van der Waals surface area contributed by atoms with Crippen LogP contribution in [-0.2, 0) is 6.54 Å². The van der Waals surface area contributed by atoms with Gasteiger partial charge in [-0.3, -0.25) is 4.90 Å². The lowest BCUT2D eigenvalue weighted by atomic mass is 10.1. The van der Waals surface area contributed by atoms with Crippen LogP contribution in [-0.4, -0.2) is 47.2 Å². The zero-order valence-corrected chi connectivity index (χ0v) is 16.1. The lowest BCUT2D eigenvalue weighted by molar-refractivity contribution is 0.126. The van der Waals surface area contributed by atoms with Crippen molar-refractivity contribution in [3.05, 3.63) is 51.8 Å². The van der Waals surface area contributed by atoms with E-state index in [1.165, 1.54) is 0 Å². The third-order valence-corrected chi connectivity index (χ3v) is 5.15. The maximum atomic E-state index is 12.5. The van der Waals surface area contributed by atoms with Gasteiger partial charge in [-0.2, -0.15) is 0 Å². The number of urea groups is 1. The van der Waals surface area contributed by atoms with Crippen LogP contribution in [0.4, 0.5) is 4.79 Å². The second kappa shape index (κ2) is 8.01. The minimum Gasteiger partial charge on any atom is -0.360 e. The normalized spacial score (nSPS) is 16.7. The van der Waals surface area contributed by atoms with E-state index in [0.717, 1.165) is 41.1 Å². The summed E-state index contributed by atoms with van der Waals surface area (Å²) in [6.45, 7) is 7.74. The Kier molecular flexibility index (Phi) is 5.75. The standard InChI is InChI=1S/C18H23BrN4O2/c1-13-11-15(25-21-13)12-22-7-9-23(10-8-22)18(24)20-14(2)16-5-3-4-6-17(16)19/h3-6,11,14H,7-10,12H2,1-2H3,(H,20,24). The highest BCUT2D eigenvalue weighted by Crippen LogP contribution is 2.23. The molecule has 1 unspecified atom stereocenters. The third-order valence-electron chi connectivity index (χ3n) is 4.43. The Balaban J connectivity index is 1.49. The summed E-state index contributed by atoms with van der Waals surface area (Å²) in [5, 5.41) is 7.00. The van der Waals surface area contributed by atoms with Crippen molar-refractivity contribution in [1.29, 1.82) is 0 Å². The second-order valence-electron chi connectivity index (χ2n) is 6.39. The van der Waals surface area contributed by atoms with E-state index in [2.05, 4.69) is 31.3 Å². The van der Waals surface area contributed by atoms with Crippen molar-refractivity contribution in [3.8, 4) is 0 Å². The molecule has 0 aliphatic carbocycles. The number of carbonyl (C=O) groups excluding carboxylic acids is 1. The number of nitrogens with one attached hydrogen (secondary N) is 1. The molecule has 1 N–H and O–H groups in total. The van der Waals surface area contributed by atoms with Gasteiger partial charge in [0.05, 0.1) is 18.3 Å². The smallest absolute Gasteiger partial charge is 0.317 e. The van der Waals surface area contributed by atoms with Crippen LogP contribution in [0, 0.1) is 6.92 Å². The molecule has 0 radical (unpaired) electrons. The SMILES string of the molecule is Cc1cc(CN2CCN(C(=O)NC(C)c3ccccc3Br)CC2)on1. The van der Waals surface area contributed by atoms with Crippen molar-refractivity contribution in [2.24, 2.45) is 0 Å². The number of carbonyl (C=O) groups is 1. The molecule has 1 aromatic heterocycles. The van der Waals surface area contributed by atoms with Crippen LogP contribution in [0.5, 0.6) is 0 Å². The molecule has 25 heavy (non-hydrogen) atoms. The van der Waals surface area contributed by atoms with E-state index in [-0.39, 0.29) is 12.1 Å². The molecule has 2 aromatic rings. The maximum Gasteiger partial charge on any atom is 0.317 e. The van der Waals surface area contributed by atoms with Gasteiger partial charge in [0.15, 0.2) is 5.76 Å². The number of halogens is 1. The number of hydrogen-bond acceptors (Lipinski definition) is 4. The highest BCUT2D eigenvalue weighted by atomic mass is 79.9. The van der Waals surface area contributed by atoms with Gasteiger partial charge in [-0.15, -0.1) is 0 Å². The fourth-order valence-corrected chi connectivity index (χ4v) is 3.63.